The van der Waals surface area contributed by atoms with Crippen molar-refractivity contribution in [2.24, 2.45) is 5.92 Å². The first-order chi connectivity index (χ1) is 16.9. The smallest absolute Gasteiger partial charge is 0.243 e. The largest absolute Gasteiger partial charge is 0.389 e. The molecule has 5 unspecified atom stereocenters. The number of nitrogens with one attached hydrogen (secondary N) is 1. The Bertz CT molecular complexity index is 852. The van der Waals surface area contributed by atoms with Crippen molar-refractivity contribution in [1.82, 2.24) is 5.32 Å². The summed E-state index contributed by atoms with van der Waals surface area (Å²) >= 11 is 0. The second-order valence-corrected chi connectivity index (χ2v) is 10.3. The van der Waals surface area contributed by atoms with Crippen LogP contribution in [0, 0.1) is 5.92 Å². The summed E-state index contributed by atoms with van der Waals surface area (Å²) < 4.78 is 12.0. The lowest BCUT2D eigenvalue weighted by Gasteiger charge is -2.28. The monoisotopic (exact) mass is 481 g/mol. The summed E-state index contributed by atoms with van der Waals surface area (Å²) in [7, 11) is 0. The highest BCUT2D eigenvalue weighted by Crippen LogP contribution is 2.25. The van der Waals surface area contributed by atoms with Crippen LogP contribution in [0.2, 0.25) is 0 Å². The molecule has 0 aromatic rings. The Hall–Kier alpha value is -2.21. The molecule has 0 spiro atoms. The maximum absolute atomic E-state index is 12.6. The van der Waals surface area contributed by atoms with Crippen LogP contribution in [0.15, 0.2) is 72.4 Å². The highest BCUT2D eigenvalue weighted by atomic mass is 16.5. The fraction of sp³-hybridized carbons (Fsp3) is 0.567. The van der Waals surface area contributed by atoms with Crippen LogP contribution in [-0.2, 0) is 14.3 Å². The molecule has 5 heteroatoms. The van der Waals surface area contributed by atoms with Crippen molar-refractivity contribution in [3.63, 3.8) is 0 Å². The molecule has 6 atom stereocenters. The van der Waals surface area contributed by atoms with Crippen LogP contribution in [0.3, 0.4) is 0 Å². The Kier molecular flexibility index (Phi) is 11.2. The van der Waals surface area contributed by atoms with Crippen molar-refractivity contribution in [2.45, 2.75) is 95.7 Å². The van der Waals surface area contributed by atoms with E-state index in [9.17, 15) is 9.90 Å². The molecule has 3 rings (SSSR count). The molecule has 0 aliphatic carbocycles. The Morgan fingerprint density at radius 1 is 1.14 bits per heavy atom. The Morgan fingerprint density at radius 3 is 2.80 bits per heavy atom. The van der Waals surface area contributed by atoms with E-state index < -0.39 is 6.10 Å². The average molecular weight is 482 g/mol. The van der Waals surface area contributed by atoms with E-state index >= 15 is 0 Å². The molecule has 0 saturated heterocycles. The van der Waals surface area contributed by atoms with Crippen molar-refractivity contribution in [3.05, 3.63) is 72.4 Å². The van der Waals surface area contributed by atoms with Crippen LogP contribution in [-0.4, -0.2) is 48.1 Å². The molecular weight excluding hydrogens is 438 g/mol. The maximum Gasteiger partial charge on any atom is 0.243 e. The molecule has 5 nitrogen and oxygen atoms in total. The number of hydrogen-bond acceptors (Lipinski definition) is 4. The summed E-state index contributed by atoms with van der Waals surface area (Å²) in [5.41, 5.74) is 2.41. The summed E-state index contributed by atoms with van der Waals surface area (Å²) in [5, 5.41) is 13.6. The second-order valence-electron chi connectivity index (χ2n) is 10.3. The summed E-state index contributed by atoms with van der Waals surface area (Å²) in [6, 6.07) is -0.0654. The zero-order chi connectivity index (χ0) is 25.0. The summed E-state index contributed by atoms with van der Waals surface area (Å²) in [5.74, 6) is 0.337. The first kappa shape index (κ1) is 27.4. The highest BCUT2D eigenvalue weighted by molar-refractivity contribution is 5.87. The molecular formula is C30H43NO4. The van der Waals surface area contributed by atoms with Gasteiger partial charge in [0.25, 0.3) is 0 Å². The van der Waals surface area contributed by atoms with Gasteiger partial charge in [0.15, 0.2) is 0 Å². The minimum absolute atomic E-state index is 0.00331. The standard InChI is InChI=1S/C30H43NO4/c1-22-16-17-34-28(20-22)13-5-9-25-8-4-10-26(32)19-23(2)18-24(3)21-29-14-6-11-27(35-29)12-7-15-30(33)31-25/h4-7,10-11,13,15-16,24-29,32H,2,8-9,12,14,17-21H2,1,3H3,(H,31,33)/b10-4+,13-5+,15-7-/t24?,25?,26?,27-,28?,29?/m0/s1. The van der Waals surface area contributed by atoms with Crippen LogP contribution < -0.4 is 5.32 Å². The zero-order valence-electron chi connectivity index (χ0n) is 21.4. The third-order valence-electron chi connectivity index (χ3n) is 6.72. The lowest BCUT2D eigenvalue weighted by atomic mass is 9.91. The van der Waals surface area contributed by atoms with E-state index in [2.05, 4.69) is 56.1 Å². The normalized spacial score (nSPS) is 35.6. The predicted molar refractivity (Wildman–Crippen MR) is 142 cm³/mol. The van der Waals surface area contributed by atoms with Crippen molar-refractivity contribution >= 4 is 5.91 Å². The molecule has 1 amide bonds. The topological polar surface area (TPSA) is 67.8 Å². The zero-order valence-corrected chi connectivity index (χ0v) is 21.4. The van der Waals surface area contributed by atoms with E-state index in [-0.39, 0.29) is 30.3 Å². The van der Waals surface area contributed by atoms with Gasteiger partial charge < -0.3 is 19.9 Å². The first-order valence-corrected chi connectivity index (χ1v) is 13.1. The van der Waals surface area contributed by atoms with Gasteiger partial charge in [0.1, 0.15) is 0 Å². The number of amides is 1. The number of hydrogen-bond donors (Lipinski definition) is 2. The van der Waals surface area contributed by atoms with Crippen LogP contribution in [0.1, 0.15) is 65.2 Å². The second kappa shape index (κ2) is 14.4. The molecule has 3 aliphatic heterocycles. The van der Waals surface area contributed by atoms with Crippen molar-refractivity contribution in [2.75, 3.05) is 6.61 Å². The van der Waals surface area contributed by atoms with Crippen molar-refractivity contribution in [3.8, 4) is 0 Å². The molecule has 3 aliphatic rings. The predicted octanol–water partition coefficient (Wildman–Crippen LogP) is 5.50. The van der Waals surface area contributed by atoms with Gasteiger partial charge in [-0.3, -0.25) is 4.79 Å². The SMILES string of the molecule is C=C1CC(O)/C=C/CC(C/C=C/C2CC(C)=CCO2)NC(=O)/C=C\C[C@@H]2C=CCC(CC(C)C1)O2. The van der Waals surface area contributed by atoms with Gasteiger partial charge in [-0.05, 0) is 70.3 Å². The highest BCUT2D eigenvalue weighted by Gasteiger charge is 2.21. The molecule has 35 heavy (non-hydrogen) atoms. The van der Waals surface area contributed by atoms with Crippen LogP contribution in [0.4, 0.5) is 0 Å². The van der Waals surface area contributed by atoms with Crippen LogP contribution in [0.5, 0.6) is 0 Å². The van der Waals surface area contributed by atoms with E-state index in [1.165, 1.54) is 5.57 Å². The van der Waals surface area contributed by atoms with Gasteiger partial charge >= 0.3 is 0 Å². The van der Waals surface area contributed by atoms with Crippen molar-refractivity contribution in [1.29, 1.82) is 0 Å². The summed E-state index contributed by atoms with van der Waals surface area (Å²) in [6.45, 7) is 9.20. The molecule has 3 heterocycles. The molecule has 2 bridgehead atoms. The van der Waals surface area contributed by atoms with Gasteiger partial charge in [-0.15, -0.1) is 0 Å². The van der Waals surface area contributed by atoms with Crippen LogP contribution >= 0.6 is 0 Å². The van der Waals surface area contributed by atoms with Gasteiger partial charge in [0.05, 0.1) is 31.0 Å². The third-order valence-corrected chi connectivity index (χ3v) is 6.72. The minimum Gasteiger partial charge on any atom is -0.389 e. The fourth-order valence-corrected chi connectivity index (χ4v) is 4.95. The molecule has 192 valence electrons. The van der Waals surface area contributed by atoms with E-state index in [0.717, 1.165) is 31.3 Å². The fourth-order valence-electron chi connectivity index (χ4n) is 4.95. The van der Waals surface area contributed by atoms with Gasteiger partial charge in [-0.2, -0.15) is 0 Å². The van der Waals surface area contributed by atoms with Gasteiger partial charge in [-0.25, -0.2) is 0 Å². The summed E-state index contributed by atoms with van der Waals surface area (Å²) in [6.07, 6.45) is 23.9. The number of rotatable bonds is 3. The van der Waals surface area contributed by atoms with Crippen LogP contribution in [0.25, 0.3) is 0 Å². The Morgan fingerprint density at radius 2 is 1.97 bits per heavy atom. The average Bonchev–Trinajstić information content (AvgIpc) is 2.78. The lowest BCUT2D eigenvalue weighted by molar-refractivity contribution is -0.117. The number of ether oxygens (including phenoxy) is 2. The Labute approximate surface area is 211 Å². The van der Waals surface area contributed by atoms with E-state index in [4.69, 9.17) is 9.47 Å². The molecule has 0 saturated carbocycles. The lowest BCUT2D eigenvalue weighted by Crippen LogP contribution is -2.33. The van der Waals surface area contributed by atoms with Gasteiger partial charge in [0.2, 0.25) is 5.91 Å². The Balaban J connectivity index is 1.65. The quantitative estimate of drug-likeness (QED) is 0.523. The number of aliphatic hydroxyl groups is 1. The first-order valence-electron chi connectivity index (χ1n) is 13.1. The van der Waals surface area contributed by atoms with Crippen molar-refractivity contribution < 1.29 is 19.4 Å². The molecule has 0 radical (unpaired) electrons. The van der Waals surface area contributed by atoms with E-state index in [1.807, 2.05) is 18.2 Å². The number of carbonyl (C=O) groups excluding carboxylic acids is 1. The maximum atomic E-state index is 12.6. The third kappa shape index (κ3) is 10.5. The molecule has 0 fully saturated rings. The molecule has 2 N–H and O–H groups in total. The van der Waals surface area contributed by atoms with E-state index in [1.54, 1.807) is 6.08 Å². The number of aliphatic hydroxyl groups excluding tert-OH is 1. The molecule has 0 aromatic heterocycles. The number of carbonyl (C=O) groups is 1. The van der Waals surface area contributed by atoms with Gasteiger partial charge in [-0.1, -0.05) is 73.3 Å². The van der Waals surface area contributed by atoms with Gasteiger partial charge in [0, 0.05) is 6.04 Å². The minimum atomic E-state index is -0.566. The molecule has 0 aromatic carbocycles. The van der Waals surface area contributed by atoms with E-state index in [0.29, 0.717) is 38.2 Å². The summed E-state index contributed by atoms with van der Waals surface area (Å²) in [4.78, 5) is 12.6. The number of fused-ring (bicyclic) bond motifs is 2.